The Hall–Kier alpha value is -4.58. The van der Waals surface area contributed by atoms with Gasteiger partial charge in [0.25, 0.3) is 11.8 Å². The summed E-state index contributed by atoms with van der Waals surface area (Å²) in [5.74, 6) is 0.208. The first kappa shape index (κ1) is 23.6. The van der Waals surface area contributed by atoms with E-state index in [-0.39, 0.29) is 5.70 Å². The zero-order chi connectivity index (χ0) is 24.6. The average Bonchev–Trinajstić information content (AvgIpc) is 3.41. The van der Waals surface area contributed by atoms with E-state index < -0.39 is 17.9 Å². The van der Waals surface area contributed by atoms with Crippen molar-refractivity contribution in [1.29, 1.82) is 0 Å². The Morgan fingerprint density at radius 1 is 0.886 bits per heavy atom. The van der Waals surface area contributed by atoms with Gasteiger partial charge in [0.2, 0.25) is 0 Å². The molecule has 0 fully saturated rings. The van der Waals surface area contributed by atoms with Crippen LogP contribution in [-0.2, 0) is 4.79 Å². The maximum atomic E-state index is 13.5. The van der Waals surface area contributed by atoms with Gasteiger partial charge >= 0.3 is 0 Å². The van der Waals surface area contributed by atoms with Crippen molar-refractivity contribution in [1.82, 2.24) is 10.6 Å². The topological polar surface area (TPSA) is 80.6 Å². The SMILES string of the molecule is COc1ccc(C(=O)N/C(=C\c2ccco2)C(=O)N[C@@H](c2ccccc2)c2ccccc2C)cc1. The number of benzene rings is 3. The van der Waals surface area contributed by atoms with Crippen molar-refractivity contribution in [2.45, 2.75) is 13.0 Å². The van der Waals surface area contributed by atoms with E-state index in [2.05, 4.69) is 10.6 Å². The molecule has 1 heterocycles. The minimum atomic E-state index is -0.444. The van der Waals surface area contributed by atoms with Gasteiger partial charge < -0.3 is 19.8 Å². The average molecular weight is 467 g/mol. The number of rotatable bonds is 8. The molecular formula is C29H26N2O4. The van der Waals surface area contributed by atoms with Gasteiger partial charge in [-0.25, -0.2) is 0 Å². The van der Waals surface area contributed by atoms with Crippen LogP contribution in [-0.4, -0.2) is 18.9 Å². The Morgan fingerprint density at radius 3 is 2.26 bits per heavy atom. The smallest absolute Gasteiger partial charge is 0.268 e. The number of hydrogen-bond acceptors (Lipinski definition) is 4. The highest BCUT2D eigenvalue weighted by Crippen LogP contribution is 2.25. The quantitative estimate of drug-likeness (QED) is 0.347. The van der Waals surface area contributed by atoms with Crippen LogP contribution in [0.4, 0.5) is 0 Å². The molecule has 4 rings (SSSR count). The molecule has 4 aromatic rings. The number of furan rings is 1. The molecule has 3 aromatic carbocycles. The van der Waals surface area contributed by atoms with Crippen molar-refractivity contribution >= 4 is 17.9 Å². The Bertz CT molecular complexity index is 1310. The number of carbonyl (C=O) groups is 2. The lowest BCUT2D eigenvalue weighted by molar-refractivity contribution is -0.118. The van der Waals surface area contributed by atoms with Gasteiger partial charge in [-0.2, -0.15) is 0 Å². The van der Waals surface area contributed by atoms with Crippen LogP contribution in [0.3, 0.4) is 0 Å². The molecule has 0 aliphatic carbocycles. The van der Waals surface area contributed by atoms with Gasteiger partial charge in [0, 0.05) is 11.6 Å². The van der Waals surface area contributed by atoms with E-state index in [9.17, 15) is 9.59 Å². The molecule has 0 saturated carbocycles. The lowest BCUT2D eigenvalue weighted by Gasteiger charge is -2.22. The van der Waals surface area contributed by atoms with Crippen LogP contribution in [0.1, 0.15) is 38.9 Å². The van der Waals surface area contributed by atoms with E-state index in [0.29, 0.717) is 17.1 Å². The van der Waals surface area contributed by atoms with Crippen LogP contribution < -0.4 is 15.4 Å². The summed E-state index contributed by atoms with van der Waals surface area (Å²) in [5.41, 5.74) is 3.39. The van der Waals surface area contributed by atoms with E-state index in [1.807, 2.05) is 61.5 Å². The third kappa shape index (κ3) is 5.86. The minimum Gasteiger partial charge on any atom is -0.497 e. The molecule has 0 aliphatic heterocycles. The number of methoxy groups -OCH3 is 1. The highest BCUT2D eigenvalue weighted by molar-refractivity contribution is 6.05. The molecule has 35 heavy (non-hydrogen) atoms. The fraction of sp³-hybridized carbons (Fsp3) is 0.103. The first-order valence-electron chi connectivity index (χ1n) is 11.2. The molecule has 6 nitrogen and oxygen atoms in total. The normalized spacial score (nSPS) is 12.0. The van der Waals surface area contributed by atoms with Crippen molar-refractivity contribution in [2.75, 3.05) is 7.11 Å². The monoisotopic (exact) mass is 466 g/mol. The van der Waals surface area contributed by atoms with Crippen LogP contribution in [0, 0.1) is 6.92 Å². The molecule has 0 saturated heterocycles. The predicted molar refractivity (Wildman–Crippen MR) is 135 cm³/mol. The van der Waals surface area contributed by atoms with Gasteiger partial charge in [-0.05, 0) is 60.0 Å². The van der Waals surface area contributed by atoms with Gasteiger partial charge in [0.1, 0.15) is 17.2 Å². The van der Waals surface area contributed by atoms with Crippen molar-refractivity contribution < 1.29 is 18.7 Å². The maximum absolute atomic E-state index is 13.5. The second kappa shape index (κ2) is 11.0. The summed E-state index contributed by atoms with van der Waals surface area (Å²) >= 11 is 0. The highest BCUT2D eigenvalue weighted by Gasteiger charge is 2.22. The van der Waals surface area contributed by atoms with Gasteiger partial charge in [-0.3, -0.25) is 9.59 Å². The van der Waals surface area contributed by atoms with E-state index in [0.717, 1.165) is 16.7 Å². The van der Waals surface area contributed by atoms with Gasteiger partial charge in [0.15, 0.2) is 0 Å². The molecule has 1 aromatic heterocycles. The molecular weight excluding hydrogens is 440 g/mol. The molecule has 6 heteroatoms. The summed E-state index contributed by atoms with van der Waals surface area (Å²) in [4.78, 5) is 26.5. The Morgan fingerprint density at radius 2 is 1.60 bits per heavy atom. The molecule has 0 unspecified atom stereocenters. The van der Waals surface area contributed by atoms with Gasteiger partial charge in [-0.15, -0.1) is 0 Å². The van der Waals surface area contributed by atoms with Crippen molar-refractivity contribution in [3.63, 3.8) is 0 Å². The van der Waals surface area contributed by atoms with Crippen molar-refractivity contribution in [3.8, 4) is 5.75 Å². The summed E-state index contributed by atoms with van der Waals surface area (Å²) < 4.78 is 10.6. The van der Waals surface area contributed by atoms with Crippen LogP contribution >= 0.6 is 0 Å². The third-order valence-electron chi connectivity index (χ3n) is 5.58. The number of carbonyl (C=O) groups excluding carboxylic acids is 2. The zero-order valence-corrected chi connectivity index (χ0v) is 19.5. The van der Waals surface area contributed by atoms with Crippen LogP contribution in [0.5, 0.6) is 5.75 Å². The standard InChI is InChI=1S/C29H26N2O4/c1-20-9-6-7-13-25(20)27(21-10-4-3-5-11-21)31-29(33)26(19-24-12-8-18-35-24)30-28(32)22-14-16-23(34-2)17-15-22/h3-19,27H,1-2H3,(H,30,32)(H,31,33)/b26-19-/t27-/m0/s1. The molecule has 2 N–H and O–H groups in total. The number of nitrogens with one attached hydrogen (secondary N) is 2. The minimum absolute atomic E-state index is 0.0651. The highest BCUT2D eigenvalue weighted by atomic mass is 16.5. The lowest BCUT2D eigenvalue weighted by Crippen LogP contribution is -2.37. The number of aryl methyl sites for hydroxylation is 1. The second-order valence-electron chi connectivity index (χ2n) is 7.93. The fourth-order valence-corrected chi connectivity index (χ4v) is 3.72. The Kier molecular flexibility index (Phi) is 7.43. The third-order valence-corrected chi connectivity index (χ3v) is 5.58. The van der Waals surface area contributed by atoms with E-state index in [1.165, 1.54) is 12.3 Å². The van der Waals surface area contributed by atoms with Crippen LogP contribution in [0.15, 0.2) is 107 Å². The van der Waals surface area contributed by atoms with Crippen molar-refractivity contribution in [2.24, 2.45) is 0 Å². The van der Waals surface area contributed by atoms with Gasteiger partial charge in [-0.1, -0.05) is 54.6 Å². The summed E-state index contributed by atoms with van der Waals surface area (Å²) in [5, 5.41) is 5.84. The number of ether oxygens (including phenoxy) is 1. The predicted octanol–water partition coefficient (Wildman–Crippen LogP) is 5.27. The summed E-state index contributed by atoms with van der Waals surface area (Å²) in [7, 11) is 1.56. The molecule has 0 bridgehead atoms. The summed E-state index contributed by atoms with van der Waals surface area (Å²) in [6.07, 6.45) is 3.02. The molecule has 0 spiro atoms. The van der Waals surface area contributed by atoms with E-state index in [1.54, 1.807) is 43.5 Å². The lowest BCUT2D eigenvalue weighted by atomic mass is 9.95. The Balaban J connectivity index is 1.65. The second-order valence-corrected chi connectivity index (χ2v) is 7.93. The number of amides is 2. The van der Waals surface area contributed by atoms with Crippen molar-refractivity contribution in [3.05, 3.63) is 131 Å². The number of hydrogen-bond donors (Lipinski definition) is 2. The first-order chi connectivity index (χ1) is 17.0. The molecule has 1 atom stereocenters. The maximum Gasteiger partial charge on any atom is 0.268 e. The fourth-order valence-electron chi connectivity index (χ4n) is 3.72. The largest absolute Gasteiger partial charge is 0.497 e. The molecule has 0 aliphatic rings. The van der Waals surface area contributed by atoms with E-state index in [4.69, 9.17) is 9.15 Å². The summed E-state index contributed by atoms with van der Waals surface area (Å²) in [6.45, 7) is 2.00. The van der Waals surface area contributed by atoms with Crippen LogP contribution in [0.25, 0.3) is 6.08 Å². The Labute approximate surface area is 204 Å². The van der Waals surface area contributed by atoms with Crippen LogP contribution in [0.2, 0.25) is 0 Å². The van der Waals surface area contributed by atoms with Gasteiger partial charge in [0.05, 0.1) is 19.4 Å². The molecule has 176 valence electrons. The zero-order valence-electron chi connectivity index (χ0n) is 19.5. The first-order valence-corrected chi connectivity index (χ1v) is 11.2. The summed E-state index contributed by atoms with van der Waals surface area (Å²) in [6, 6.07) is 27.3. The van der Waals surface area contributed by atoms with E-state index >= 15 is 0 Å². The molecule has 0 radical (unpaired) electrons. The molecule has 2 amide bonds.